The van der Waals surface area contributed by atoms with Gasteiger partial charge in [-0.15, -0.1) is 11.3 Å². The van der Waals surface area contributed by atoms with Crippen LogP contribution in [0.2, 0.25) is 0 Å². The first-order valence-corrected chi connectivity index (χ1v) is 7.26. The molecule has 0 atom stereocenters. The van der Waals surface area contributed by atoms with Gasteiger partial charge in [0.05, 0.1) is 5.69 Å². The molecule has 2 aromatic heterocycles. The van der Waals surface area contributed by atoms with Crippen molar-refractivity contribution < 1.29 is 5.21 Å². The highest BCUT2D eigenvalue weighted by Gasteiger charge is 2.29. The van der Waals surface area contributed by atoms with Crippen molar-refractivity contribution in [2.24, 2.45) is 10.9 Å². The maximum atomic E-state index is 8.59. The van der Waals surface area contributed by atoms with Crippen LogP contribution in [0.3, 0.4) is 0 Å². The Morgan fingerprint density at radius 2 is 2.47 bits per heavy atom. The predicted molar refractivity (Wildman–Crippen MR) is 74.5 cm³/mol. The van der Waals surface area contributed by atoms with Gasteiger partial charge in [0.15, 0.2) is 4.96 Å². The molecule has 0 aliphatic heterocycles. The average molecular weight is 279 g/mol. The maximum Gasteiger partial charge on any atom is 0.193 e. The molecule has 1 aliphatic carbocycles. The summed E-state index contributed by atoms with van der Waals surface area (Å²) < 4.78 is 2.05. The monoisotopic (exact) mass is 279 g/mol. The highest BCUT2D eigenvalue weighted by atomic mass is 32.1. The molecule has 0 aromatic carbocycles. The lowest BCUT2D eigenvalue weighted by molar-refractivity contribution is 0.257. The van der Waals surface area contributed by atoms with E-state index in [1.54, 1.807) is 11.3 Å². The Bertz CT molecular complexity index is 557. The molecule has 1 fully saturated rings. The zero-order chi connectivity index (χ0) is 13.2. The lowest BCUT2D eigenvalue weighted by Crippen LogP contribution is -2.30. The van der Waals surface area contributed by atoms with Crippen molar-refractivity contribution in [1.82, 2.24) is 14.3 Å². The molecule has 0 amide bonds. The smallest absolute Gasteiger partial charge is 0.193 e. The van der Waals surface area contributed by atoms with E-state index in [2.05, 4.69) is 25.6 Å². The second-order valence-corrected chi connectivity index (χ2v) is 5.74. The summed E-state index contributed by atoms with van der Waals surface area (Å²) in [5.41, 5.74) is 6.62. The minimum absolute atomic E-state index is 0.288. The first kappa shape index (κ1) is 12.4. The number of nitrogens with zero attached hydrogens (tertiary/aromatic N) is 4. The number of aromatic nitrogens is 2. The highest BCUT2D eigenvalue weighted by molar-refractivity contribution is 7.15. The van der Waals surface area contributed by atoms with E-state index >= 15 is 0 Å². The second-order valence-electron chi connectivity index (χ2n) is 4.87. The zero-order valence-electron chi connectivity index (χ0n) is 10.6. The van der Waals surface area contributed by atoms with Gasteiger partial charge < -0.3 is 10.9 Å². The van der Waals surface area contributed by atoms with Crippen LogP contribution in [-0.2, 0) is 6.54 Å². The molecule has 6 nitrogen and oxygen atoms in total. The average Bonchev–Trinajstić information content (AvgIpc) is 3.04. The van der Waals surface area contributed by atoms with Crippen molar-refractivity contribution >= 4 is 22.1 Å². The van der Waals surface area contributed by atoms with Crippen molar-refractivity contribution in [1.29, 1.82) is 0 Å². The molecule has 1 aliphatic rings. The van der Waals surface area contributed by atoms with Gasteiger partial charge in [0, 0.05) is 43.3 Å². The van der Waals surface area contributed by atoms with Gasteiger partial charge in [0.25, 0.3) is 0 Å². The molecule has 102 valence electrons. The largest absolute Gasteiger partial charge is 0.409 e. The molecule has 0 saturated heterocycles. The van der Waals surface area contributed by atoms with Gasteiger partial charge >= 0.3 is 0 Å². The van der Waals surface area contributed by atoms with E-state index in [-0.39, 0.29) is 5.84 Å². The van der Waals surface area contributed by atoms with E-state index in [4.69, 9.17) is 10.9 Å². The van der Waals surface area contributed by atoms with Crippen LogP contribution in [0.5, 0.6) is 0 Å². The lowest BCUT2D eigenvalue weighted by Gasteiger charge is -2.20. The number of imidazole rings is 1. The first-order valence-electron chi connectivity index (χ1n) is 6.38. The third-order valence-electron chi connectivity index (χ3n) is 3.36. The third-order valence-corrected chi connectivity index (χ3v) is 4.13. The van der Waals surface area contributed by atoms with Gasteiger partial charge in [0.1, 0.15) is 5.84 Å². The van der Waals surface area contributed by atoms with Crippen LogP contribution in [0.15, 0.2) is 22.9 Å². The predicted octanol–water partition coefficient (Wildman–Crippen LogP) is 1.50. The number of hydrogen-bond acceptors (Lipinski definition) is 5. The van der Waals surface area contributed by atoms with Gasteiger partial charge in [-0.2, -0.15) is 0 Å². The van der Waals surface area contributed by atoms with Crippen molar-refractivity contribution in [3.8, 4) is 0 Å². The van der Waals surface area contributed by atoms with E-state index in [0.717, 1.165) is 23.7 Å². The first-order chi connectivity index (χ1) is 9.26. The molecule has 3 N–H and O–H groups in total. The summed E-state index contributed by atoms with van der Waals surface area (Å²) in [4.78, 5) is 7.99. The van der Waals surface area contributed by atoms with Crippen molar-refractivity contribution in [3.05, 3.63) is 23.5 Å². The van der Waals surface area contributed by atoms with Crippen molar-refractivity contribution in [2.75, 3.05) is 6.54 Å². The van der Waals surface area contributed by atoms with E-state index in [0.29, 0.717) is 12.5 Å². The Kier molecular flexibility index (Phi) is 3.39. The van der Waals surface area contributed by atoms with Crippen LogP contribution in [0.4, 0.5) is 0 Å². The van der Waals surface area contributed by atoms with E-state index < -0.39 is 0 Å². The Labute approximate surface area is 115 Å². The molecule has 0 radical (unpaired) electrons. The van der Waals surface area contributed by atoms with Gasteiger partial charge in [-0.3, -0.25) is 9.30 Å². The van der Waals surface area contributed by atoms with Crippen LogP contribution in [0, 0.1) is 0 Å². The third kappa shape index (κ3) is 2.87. The SMILES string of the molecule is N/C(CCN(Cc1cn2ccsc2n1)C1CC1)=N/O. The van der Waals surface area contributed by atoms with Crippen LogP contribution < -0.4 is 5.73 Å². The second kappa shape index (κ2) is 5.18. The number of hydrogen-bond donors (Lipinski definition) is 2. The lowest BCUT2D eigenvalue weighted by atomic mass is 10.3. The molecule has 0 spiro atoms. The summed E-state index contributed by atoms with van der Waals surface area (Å²) in [6.45, 7) is 1.64. The molecule has 1 saturated carbocycles. The summed E-state index contributed by atoms with van der Waals surface area (Å²) in [7, 11) is 0. The van der Waals surface area contributed by atoms with Crippen molar-refractivity contribution in [3.63, 3.8) is 0 Å². The number of rotatable bonds is 6. The van der Waals surface area contributed by atoms with Gasteiger partial charge in [-0.1, -0.05) is 5.16 Å². The highest BCUT2D eigenvalue weighted by Crippen LogP contribution is 2.28. The van der Waals surface area contributed by atoms with E-state index in [1.807, 2.05) is 11.6 Å². The van der Waals surface area contributed by atoms with Crippen LogP contribution in [0.1, 0.15) is 25.0 Å². The van der Waals surface area contributed by atoms with Crippen molar-refractivity contribution in [2.45, 2.75) is 31.8 Å². The minimum atomic E-state index is 0.288. The fourth-order valence-electron chi connectivity index (χ4n) is 2.20. The van der Waals surface area contributed by atoms with Gasteiger partial charge in [-0.05, 0) is 12.8 Å². The number of amidine groups is 1. The zero-order valence-corrected chi connectivity index (χ0v) is 11.4. The van der Waals surface area contributed by atoms with E-state index in [9.17, 15) is 0 Å². The number of nitrogens with two attached hydrogens (primary N) is 1. The molecule has 3 rings (SSSR count). The standard InChI is InChI=1S/C12H17N5OS/c13-11(15-18)3-4-16(10-1-2-10)7-9-8-17-5-6-19-12(17)14-9/h5-6,8,10,18H,1-4,7H2,(H2,13,15). The Morgan fingerprint density at radius 1 is 1.63 bits per heavy atom. The summed E-state index contributed by atoms with van der Waals surface area (Å²) in [5, 5.41) is 13.6. The van der Waals surface area contributed by atoms with Crippen LogP contribution >= 0.6 is 11.3 Å². The normalized spacial score (nSPS) is 16.6. The minimum Gasteiger partial charge on any atom is -0.409 e. The van der Waals surface area contributed by atoms with Gasteiger partial charge in [0.2, 0.25) is 0 Å². The van der Waals surface area contributed by atoms with E-state index in [1.165, 1.54) is 12.8 Å². The maximum absolute atomic E-state index is 8.59. The Hall–Kier alpha value is -1.60. The molecule has 0 bridgehead atoms. The van der Waals surface area contributed by atoms with Crippen LogP contribution in [0.25, 0.3) is 4.96 Å². The summed E-state index contributed by atoms with van der Waals surface area (Å²) in [6, 6.07) is 0.631. The Balaban J connectivity index is 1.65. The molecule has 2 heterocycles. The quantitative estimate of drug-likeness (QED) is 0.363. The summed E-state index contributed by atoms with van der Waals surface area (Å²) in [5.74, 6) is 0.288. The molecule has 19 heavy (non-hydrogen) atoms. The molecule has 7 heteroatoms. The topological polar surface area (TPSA) is 79.2 Å². The summed E-state index contributed by atoms with van der Waals surface area (Å²) >= 11 is 1.64. The number of thiazole rings is 1. The number of fused-ring (bicyclic) bond motifs is 1. The number of oxime groups is 1. The molecule has 2 aromatic rings. The molecular formula is C12H17N5OS. The fraction of sp³-hybridized carbons (Fsp3) is 0.500. The van der Waals surface area contributed by atoms with Crippen LogP contribution in [-0.4, -0.2) is 37.9 Å². The Morgan fingerprint density at radius 3 is 3.16 bits per heavy atom. The molecule has 0 unspecified atom stereocenters. The summed E-state index contributed by atoms with van der Waals surface area (Å²) in [6.07, 6.45) is 7.16. The van der Waals surface area contributed by atoms with Gasteiger partial charge in [-0.25, -0.2) is 4.98 Å². The fourth-order valence-corrected chi connectivity index (χ4v) is 2.92. The molecular weight excluding hydrogens is 262 g/mol.